The molecule has 1 atom stereocenters. The van der Waals surface area contributed by atoms with E-state index in [1.807, 2.05) is 43.3 Å². The molecule has 0 radical (unpaired) electrons. The van der Waals surface area contributed by atoms with Gasteiger partial charge in [0.05, 0.1) is 6.07 Å². The summed E-state index contributed by atoms with van der Waals surface area (Å²) < 4.78 is 0. The van der Waals surface area contributed by atoms with Gasteiger partial charge in [0.15, 0.2) is 0 Å². The number of rotatable bonds is 2. The first kappa shape index (κ1) is 8.77. The van der Waals surface area contributed by atoms with Crippen molar-refractivity contribution in [3.63, 3.8) is 0 Å². The minimum atomic E-state index is -0.516. The Morgan fingerprint density at radius 2 is 1.86 bits per heavy atom. The summed E-state index contributed by atoms with van der Waals surface area (Å²) in [6.45, 7) is 5.78. The van der Waals surface area contributed by atoms with E-state index >= 15 is 0 Å². The van der Waals surface area contributed by atoms with Crippen molar-refractivity contribution >= 4 is 0 Å². The SMILES string of the molecule is C=C1C=C1C(C)(C#N)c1ccccc1. The Morgan fingerprint density at radius 3 is 2.29 bits per heavy atom. The second-order valence-corrected chi connectivity index (χ2v) is 3.69. The Kier molecular flexibility index (Phi) is 1.79. The van der Waals surface area contributed by atoms with E-state index in [9.17, 15) is 5.26 Å². The topological polar surface area (TPSA) is 23.8 Å². The Hall–Kier alpha value is -1.81. The maximum atomic E-state index is 9.23. The third-order valence-corrected chi connectivity index (χ3v) is 2.69. The number of benzene rings is 1. The molecule has 0 saturated carbocycles. The number of nitrogens with zero attached hydrogens (tertiary/aromatic N) is 1. The van der Waals surface area contributed by atoms with Crippen molar-refractivity contribution in [2.45, 2.75) is 12.3 Å². The van der Waals surface area contributed by atoms with E-state index in [0.717, 1.165) is 16.7 Å². The zero-order valence-corrected chi connectivity index (χ0v) is 8.12. The fourth-order valence-electron chi connectivity index (χ4n) is 1.66. The highest BCUT2D eigenvalue weighted by atomic mass is 14.4. The Balaban J connectivity index is 2.45. The van der Waals surface area contributed by atoms with Gasteiger partial charge in [0, 0.05) is 0 Å². The van der Waals surface area contributed by atoms with Gasteiger partial charge >= 0.3 is 0 Å². The minimum Gasteiger partial charge on any atom is -0.197 e. The van der Waals surface area contributed by atoms with Crippen LogP contribution in [0.5, 0.6) is 0 Å². The van der Waals surface area contributed by atoms with Gasteiger partial charge in [0.1, 0.15) is 5.41 Å². The van der Waals surface area contributed by atoms with Gasteiger partial charge in [-0.3, -0.25) is 0 Å². The summed E-state index contributed by atoms with van der Waals surface area (Å²) in [6, 6.07) is 12.2. The standard InChI is InChI=1S/C13H11N/c1-10-8-12(10)13(2,9-14)11-6-4-3-5-7-11/h3-8H,1H2,2H3. The van der Waals surface area contributed by atoms with Gasteiger partial charge in [-0.2, -0.15) is 5.26 Å². The summed E-state index contributed by atoms with van der Waals surface area (Å²) in [4.78, 5) is 0. The average Bonchev–Trinajstić information content (AvgIpc) is 2.96. The Bertz CT molecular complexity index is 448. The van der Waals surface area contributed by atoms with E-state index < -0.39 is 5.41 Å². The fourth-order valence-corrected chi connectivity index (χ4v) is 1.66. The average molecular weight is 181 g/mol. The predicted octanol–water partition coefficient (Wildman–Crippen LogP) is 2.96. The second-order valence-electron chi connectivity index (χ2n) is 3.69. The summed E-state index contributed by atoms with van der Waals surface area (Å²) in [5.41, 5.74) is 2.58. The van der Waals surface area contributed by atoms with Crippen molar-refractivity contribution in [1.29, 1.82) is 5.26 Å². The molecule has 1 heteroatoms. The molecular formula is C13H11N. The summed E-state index contributed by atoms with van der Waals surface area (Å²) in [5, 5.41) is 9.23. The quantitative estimate of drug-likeness (QED) is 0.688. The first-order chi connectivity index (χ1) is 6.68. The molecule has 2 rings (SSSR count). The number of allylic oxidation sites excluding steroid dienone is 3. The van der Waals surface area contributed by atoms with Crippen molar-refractivity contribution in [2.75, 3.05) is 0 Å². The molecule has 0 aromatic heterocycles. The highest BCUT2D eigenvalue weighted by Gasteiger charge is 2.37. The molecule has 1 aliphatic rings. The number of hydrogen-bond acceptors (Lipinski definition) is 1. The van der Waals surface area contributed by atoms with Crippen molar-refractivity contribution in [3.05, 3.63) is 59.7 Å². The summed E-state index contributed by atoms with van der Waals surface area (Å²) in [7, 11) is 0. The van der Waals surface area contributed by atoms with Crippen LogP contribution < -0.4 is 0 Å². The largest absolute Gasteiger partial charge is 0.197 e. The van der Waals surface area contributed by atoms with E-state index in [4.69, 9.17) is 0 Å². The molecule has 1 nitrogen and oxygen atoms in total. The van der Waals surface area contributed by atoms with Crippen LogP contribution in [0.4, 0.5) is 0 Å². The second kappa shape index (κ2) is 2.85. The molecule has 1 aromatic carbocycles. The van der Waals surface area contributed by atoms with Gasteiger partial charge in [-0.05, 0) is 29.7 Å². The molecular weight excluding hydrogens is 170 g/mol. The van der Waals surface area contributed by atoms with E-state index in [2.05, 4.69) is 12.6 Å². The lowest BCUT2D eigenvalue weighted by atomic mass is 9.81. The van der Waals surface area contributed by atoms with Gasteiger partial charge in [0.25, 0.3) is 0 Å². The smallest absolute Gasteiger partial charge is 0.105 e. The normalized spacial score (nSPS) is 18.0. The third-order valence-electron chi connectivity index (χ3n) is 2.69. The van der Waals surface area contributed by atoms with Gasteiger partial charge < -0.3 is 0 Å². The van der Waals surface area contributed by atoms with Crippen molar-refractivity contribution in [3.8, 4) is 6.07 Å². The van der Waals surface area contributed by atoms with Gasteiger partial charge in [0.2, 0.25) is 0 Å². The van der Waals surface area contributed by atoms with Crippen molar-refractivity contribution in [2.24, 2.45) is 0 Å². The maximum Gasteiger partial charge on any atom is 0.105 e. The van der Waals surface area contributed by atoms with Crippen LogP contribution in [0.2, 0.25) is 0 Å². The zero-order valence-electron chi connectivity index (χ0n) is 8.12. The lowest BCUT2D eigenvalue weighted by Gasteiger charge is -2.18. The molecule has 1 aromatic rings. The molecule has 0 saturated heterocycles. The number of nitriles is 1. The van der Waals surface area contributed by atoms with Crippen LogP contribution >= 0.6 is 0 Å². The summed E-state index contributed by atoms with van der Waals surface area (Å²) in [6.07, 6.45) is 1.97. The van der Waals surface area contributed by atoms with Crippen molar-refractivity contribution in [1.82, 2.24) is 0 Å². The highest BCUT2D eigenvalue weighted by molar-refractivity contribution is 5.66. The minimum absolute atomic E-state index is 0.516. The molecule has 0 bridgehead atoms. The van der Waals surface area contributed by atoms with Crippen LogP contribution in [0.1, 0.15) is 12.5 Å². The van der Waals surface area contributed by atoms with Crippen LogP contribution in [-0.2, 0) is 5.41 Å². The Labute approximate surface area is 84.0 Å². The molecule has 0 aliphatic heterocycles. The van der Waals surface area contributed by atoms with Gasteiger partial charge in [-0.25, -0.2) is 0 Å². The maximum absolute atomic E-state index is 9.23. The first-order valence-corrected chi connectivity index (χ1v) is 4.57. The molecule has 14 heavy (non-hydrogen) atoms. The van der Waals surface area contributed by atoms with Crippen LogP contribution in [-0.4, -0.2) is 0 Å². The van der Waals surface area contributed by atoms with E-state index in [-0.39, 0.29) is 0 Å². The van der Waals surface area contributed by atoms with Crippen molar-refractivity contribution < 1.29 is 0 Å². The summed E-state index contributed by atoms with van der Waals surface area (Å²) in [5.74, 6) is 0. The Morgan fingerprint density at radius 1 is 1.29 bits per heavy atom. The first-order valence-electron chi connectivity index (χ1n) is 4.57. The molecule has 1 aliphatic carbocycles. The molecule has 1 unspecified atom stereocenters. The van der Waals surface area contributed by atoms with E-state index in [0.29, 0.717) is 0 Å². The molecule has 0 amide bonds. The molecule has 68 valence electrons. The lowest BCUT2D eigenvalue weighted by molar-refractivity contribution is 0.756. The van der Waals surface area contributed by atoms with Crippen LogP contribution in [0.15, 0.2) is 54.1 Å². The van der Waals surface area contributed by atoms with Crippen LogP contribution in [0, 0.1) is 11.3 Å². The summed E-state index contributed by atoms with van der Waals surface area (Å²) >= 11 is 0. The monoisotopic (exact) mass is 181 g/mol. The van der Waals surface area contributed by atoms with E-state index in [1.165, 1.54) is 0 Å². The molecule has 0 fully saturated rings. The van der Waals surface area contributed by atoms with Gasteiger partial charge in [-0.15, -0.1) is 0 Å². The van der Waals surface area contributed by atoms with E-state index in [1.54, 1.807) is 0 Å². The molecule has 0 heterocycles. The fraction of sp³-hybridized carbons (Fsp3) is 0.154. The lowest BCUT2D eigenvalue weighted by Crippen LogP contribution is -2.18. The zero-order chi connectivity index (χ0) is 10.2. The third kappa shape index (κ3) is 1.16. The van der Waals surface area contributed by atoms with Crippen LogP contribution in [0.25, 0.3) is 0 Å². The number of hydrogen-bond donors (Lipinski definition) is 0. The molecule has 0 spiro atoms. The molecule has 0 N–H and O–H groups in total. The predicted molar refractivity (Wildman–Crippen MR) is 56.6 cm³/mol. The van der Waals surface area contributed by atoms with Crippen LogP contribution in [0.3, 0.4) is 0 Å². The highest BCUT2D eigenvalue weighted by Crippen LogP contribution is 2.43. The van der Waals surface area contributed by atoms with Gasteiger partial charge in [-0.1, -0.05) is 36.9 Å².